The zero-order valence-electron chi connectivity index (χ0n) is 11.7. The van der Waals surface area contributed by atoms with Gasteiger partial charge in [-0.15, -0.1) is 0 Å². The monoisotopic (exact) mass is 402 g/mol. The lowest BCUT2D eigenvalue weighted by molar-refractivity contribution is 0.381. The van der Waals surface area contributed by atoms with Crippen LogP contribution in [0.5, 0.6) is 0 Å². The van der Waals surface area contributed by atoms with Gasteiger partial charge in [-0.2, -0.15) is 0 Å². The highest BCUT2D eigenvalue weighted by Crippen LogP contribution is 2.37. The number of halogens is 5. The van der Waals surface area contributed by atoms with Gasteiger partial charge in [-0.25, -0.2) is 49.1 Å². The van der Waals surface area contributed by atoms with Gasteiger partial charge in [0.2, 0.25) is 25.9 Å². The van der Waals surface area contributed by atoms with Crippen molar-refractivity contribution in [1.29, 1.82) is 0 Å². The summed E-state index contributed by atoms with van der Waals surface area (Å²) in [6.45, 7) is 0. The standard InChI is InChI=1S/C12H7F5N2O4S2/c13-7-6(8(14)10(16)11(17)9(7)15)4-2-1-3-5(24(18,20)21)12(4)25(19,22)23/h1-3H,(H2,18,20,21)(H2,19,22,23). The fourth-order valence-electron chi connectivity index (χ4n) is 2.07. The molecule has 2 aromatic carbocycles. The lowest BCUT2D eigenvalue weighted by Gasteiger charge is -2.14. The fourth-order valence-corrected chi connectivity index (χ4v) is 4.23. The molecule has 2 rings (SSSR count). The summed E-state index contributed by atoms with van der Waals surface area (Å²) < 4.78 is 114. The molecule has 136 valence electrons. The van der Waals surface area contributed by atoms with E-state index < -0.39 is 70.1 Å². The van der Waals surface area contributed by atoms with Crippen LogP contribution < -0.4 is 10.3 Å². The van der Waals surface area contributed by atoms with Crippen LogP contribution >= 0.6 is 0 Å². The molecule has 13 heteroatoms. The second kappa shape index (κ2) is 6.01. The summed E-state index contributed by atoms with van der Waals surface area (Å²) in [7, 11) is -9.76. The number of sulfonamides is 2. The molecular weight excluding hydrogens is 395 g/mol. The van der Waals surface area contributed by atoms with Gasteiger partial charge >= 0.3 is 0 Å². The topological polar surface area (TPSA) is 120 Å². The van der Waals surface area contributed by atoms with Crippen molar-refractivity contribution in [1.82, 2.24) is 0 Å². The van der Waals surface area contributed by atoms with E-state index in [-0.39, 0.29) is 0 Å². The molecule has 0 amide bonds. The number of hydrogen-bond acceptors (Lipinski definition) is 4. The van der Waals surface area contributed by atoms with Crippen LogP contribution in [0.3, 0.4) is 0 Å². The van der Waals surface area contributed by atoms with Crippen LogP contribution in [-0.4, -0.2) is 16.8 Å². The highest BCUT2D eigenvalue weighted by molar-refractivity contribution is 7.92. The molecule has 2 aromatic rings. The summed E-state index contributed by atoms with van der Waals surface area (Å²) in [5.41, 5.74) is -2.81. The van der Waals surface area contributed by atoms with Gasteiger partial charge in [-0.3, -0.25) is 0 Å². The van der Waals surface area contributed by atoms with Gasteiger partial charge in [0.1, 0.15) is 9.79 Å². The van der Waals surface area contributed by atoms with Crippen molar-refractivity contribution in [2.24, 2.45) is 10.3 Å². The van der Waals surface area contributed by atoms with E-state index in [0.717, 1.165) is 6.07 Å². The van der Waals surface area contributed by atoms with E-state index >= 15 is 0 Å². The molecule has 0 aromatic heterocycles. The van der Waals surface area contributed by atoms with Crippen molar-refractivity contribution < 1.29 is 38.8 Å². The lowest BCUT2D eigenvalue weighted by Crippen LogP contribution is -2.22. The average molecular weight is 402 g/mol. The quantitative estimate of drug-likeness (QED) is 0.457. The number of rotatable bonds is 3. The number of primary sulfonamides is 2. The molecule has 0 saturated heterocycles. The number of benzene rings is 2. The summed E-state index contributed by atoms with van der Waals surface area (Å²) in [5.74, 6) is -11.9. The molecule has 6 nitrogen and oxygen atoms in total. The first-order valence-electron chi connectivity index (χ1n) is 5.99. The highest BCUT2D eigenvalue weighted by atomic mass is 32.2. The molecule has 0 fully saturated rings. The molecular formula is C12H7F5N2O4S2. The zero-order valence-corrected chi connectivity index (χ0v) is 13.4. The average Bonchev–Trinajstić information content (AvgIpc) is 2.49. The van der Waals surface area contributed by atoms with Gasteiger partial charge in [0.25, 0.3) is 0 Å². The maximum absolute atomic E-state index is 13.9. The Morgan fingerprint density at radius 1 is 0.680 bits per heavy atom. The molecule has 0 atom stereocenters. The number of nitrogens with two attached hydrogens (primary N) is 2. The predicted octanol–water partition coefficient (Wildman–Crippen LogP) is 1.34. The number of hydrogen-bond donors (Lipinski definition) is 2. The largest absolute Gasteiger partial charge is 0.240 e. The van der Waals surface area contributed by atoms with Gasteiger partial charge < -0.3 is 0 Å². The molecule has 4 N–H and O–H groups in total. The van der Waals surface area contributed by atoms with Crippen LogP contribution in [0.15, 0.2) is 28.0 Å². The van der Waals surface area contributed by atoms with Crippen molar-refractivity contribution in [3.05, 3.63) is 47.3 Å². The molecule has 0 saturated carbocycles. The van der Waals surface area contributed by atoms with E-state index in [1.165, 1.54) is 0 Å². The van der Waals surface area contributed by atoms with Crippen LogP contribution in [0.2, 0.25) is 0 Å². The Morgan fingerprint density at radius 2 is 1.12 bits per heavy atom. The Hall–Kier alpha value is -2.09. The summed E-state index contributed by atoms with van der Waals surface area (Å²) in [6, 6.07) is 2.05. The molecule has 0 heterocycles. The van der Waals surface area contributed by atoms with Crippen LogP contribution in [0.1, 0.15) is 0 Å². The molecule has 0 aliphatic heterocycles. The van der Waals surface area contributed by atoms with E-state index in [0.29, 0.717) is 12.1 Å². The van der Waals surface area contributed by atoms with Gasteiger partial charge in [0.15, 0.2) is 23.3 Å². The minimum absolute atomic E-state index is 0.618. The minimum atomic E-state index is -5.00. The first kappa shape index (κ1) is 19.2. The van der Waals surface area contributed by atoms with Crippen LogP contribution in [0, 0.1) is 29.1 Å². The Bertz CT molecular complexity index is 1070. The predicted molar refractivity (Wildman–Crippen MR) is 74.4 cm³/mol. The Morgan fingerprint density at radius 3 is 1.52 bits per heavy atom. The van der Waals surface area contributed by atoms with E-state index in [1.807, 2.05) is 0 Å². The summed E-state index contributed by atoms with van der Waals surface area (Å²) >= 11 is 0. The Balaban J connectivity index is 3.12. The van der Waals surface area contributed by atoms with Gasteiger partial charge in [-0.1, -0.05) is 12.1 Å². The van der Waals surface area contributed by atoms with Crippen molar-refractivity contribution in [2.45, 2.75) is 9.79 Å². The fraction of sp³-hybridized carbons (Fsp3) is 0. The molecule has 0 radical (unpaired) electrons. The SMILES string of the molecule is NS(=O)(=O)c1cccc(-c2c(F)c(F)c(F)c(F)c2F)c1S(N)(=O)=O. The summed E-state index contributed by atoms with van der Waals surface area (Å²) in [5, 5.41) is 9.66. The third-order valence-electron chi connectivity index (χ3n) is 3.05. The van der Waals surface area contributed by atoms with Gasteiger partial charge in [0.05, 0.1) is 5.56 Å². The van der Waals surface area contributed by atoms with Crippen molar-refractivity contribution in [3.8, 4) is 11.1 Å². The third-order valence-corrected chi connectivity index (χ3v) is 5.14. The first-order valence-corrected chi connectivity index (χ1v) is 9.08. The lowest BCUT2D eigenvalue weighted by atomic mass is 10.0. The minimum Gasteiger partial charge on any atom is -0.225 e. The molecule has 0 unspecified atom stereocenters. The Labute approximate surface area is 138 Å². The van der Waals surface area contributed by atoms with Crippen molar-refractivity contribution in [2.75, 3.05) is 0 Å². The normalized spacial score (nSPS) is 12.4. The first-order chi connectivity index (χ1) is 11.3. The van der Waals surface area contributed by atoms with Crippen LogP contribution in [0.4, 0.5) is 22.0 Å². The smallest absolute Gasteiger partial charge is 0.225 e. The maximum atomic E-state index is 13.9. The molecule has 0 aliphatic carbocycles. The molecule has 0 spiro atoms. The van der Waals surface area contributed by atoms with E-state index in [1.54, 1.807) is 0 Å². The second-order valence-corrected chi connectivity index (χ2v) is 7.70. The summed E-state index contributed by atoms with van der Waals surface area (Å²) in [6.07, 6.45) is 0. The van der Waals surface area contributed by atoms with Gasteiger partial charge in [0, 0.05) is 5.56 Å². The van der Waals surface area contributed by atoms with E-state index in [9.17, 15) is 38.8 Å². The second-order valence-electron chi connectivity index (χ2n) is 4.67. The maximum Gasteiger partial charge on any atom is 0.240 e. The van der Waals surface area contributed by atoms with E-state index in [4.69, 9.17) is 10.3 Å². The van der Waals surface area contributed by atoms with Crippen molar-refractivity contribution >= 4 is 20.0 Å². The van der Waals surface area contributed by atoms with E-state index in [2.05, 4.69) is 0 Å². The molecule has 0 bridgehead atoms. The van der Waals surface area contributed by atoms with Crippen LogP contribution in [0.25, 0.3) is 11.1 Å². The Kier molecular flexibility index (Phi) is 4.63. The van der Waals surface area contributed by atoms with Crippen molar-refractivity contribution in [3.63, 3.8) is 0 Å². The summed E-state index contributed by atoms with van der Waals surface area (Å²) in [4.78, 5) is -2.57. The highest BCUT2D eigenvalue weighted by Gasteiger charge is 2.32. The molecule has 0 aliphatic rings. The molecule has 25 heavy (non-hydrogen) atoms. The van der Waals surface area contributed by atoms with Crippen LogP contribution in [-0.2, 0) is 20.0 Å². The third kappa shape index (κ3) is 3.22. The zero-order chi connectivity index (χ0) is 19.3. The van der Waals surface area contributed by atoms with Gasteiger partial charge in [-0.05, 0) is 6.07 Å².